The van der Waals surface area contributed by atoms with E-state index < -0.39 is 0 Å². The maximum atomic E-state index is 7.43. The molecule has 0 radical (unpaired) electrons. The van der Waals surface area contributed by atoms with Crippen LogP contribution in [0.3, 0.4) is 0 Å². The van der Waals surface area contributed by atoms with E-state index in [9.17, 15) is 0 Å². The second-order valence-corrected chi connectivity index (χ2v) is 5.09. The first kappa shape index (κ1) is 12.5. The highest BCUT2D eigenvalue weighted by molar-refractivity contribution is 7.98. The van der Waals surface area contributed by atoms with Crippen LogP contribution in [0.5, 0.6) is 0 Å². The van der Waals surface area contributed by atoms with Crippen molar-refractivity contribution in [3.05, 3.63) is 16.1 Å². The SMILES string of the molecule is CCOC(=N)CCSCc1nc(C)cs1. The molecule has 0 aliphatic rings. The van der Waals surface area contributed by atoms with Crippen LogP contribution in [0.15, 0.2) is 5.38 Å². The summed E-state index contributed by atoms with van der Waals surface area (Å²) in [6, 6.07) is 0. The Labute approximate surface area is 98.8 Å². The topological polar surface area (TPSA) is 46.0 Å². The van der Waals surface area contributed by atoms with Crippen molar-refractivity contribution in [1.82, 2.24) is 4.98 Å². The first-order valence-corrected chi connectivity index (χ1v) is 6.94. The van der Waals surface area contributed by atoms with E-state index in [-0.39, 0.29) is 0 Å². The third-order valence-corrected chi connectivity index (χ3v) is 3.80. The normalized spacial score (nSPS) is 10.3. The number of nitrogens with one attached hydrogen (secondary N) is 1. The molecular weight excluding hydrogens is 228 g/mol. The molecule has 1 N–H and O–H groups in total. The highest BCUT2D eigenvalue weighted by Gasteiger charge is 2.00. The molecule has 0 spiro atoms. The Morgan fingerprint density at radius 3 is 3.07 bits per heavy atom. The summed E-state index contributed by atoms with van der Waals surface area (Å²) >= 11 is 3.50. The van der Waals surface area contributed by atoms with E-state index in [0.29, 0.717) is 18.9 Å². The number of aromatic nitrogens is 1. The van der Waals surface area contributed by atoms with Crippen LogP contribution in [0.1, 0.15) is 24.0 Å². The molecule has 5 heteroatoms. The summed E-state index contributed by atoms with van der Waals surface area (Å²) in [4.78, 5) is 4.38. The number of ether oxygens (including phenoxy) is 1. The van der Waals surface area contributed by atoms with E-state index >= 15 is 0 Å². The largest absolute Gasteiger partial charge is 0.481 e. The third-order valence-electron chi connectivity index (χ3n) is 1.68. The maximum absolute atomic E-state index is 7.43. The molecule has 3 nitrogen and oxygen atoms in total. The van der Waals surface area contributed by atoms with Crippen molar-refractivity contribution < 1.29 is 4.74 Å². The molecule has 0 amide bonds. The van der Waals surface area contributed by atoms with E-state index in [1.54, 1.807) is 23.1 Å². The lowest BCUT2D eigenvalue weighted by Gasteiger charge is -2.03. The van der Waals surface area contributed by atoms with Gasteiger partial charge in [-0.05, 0) is 13.8 Å². The lowest BCUT2D eigenvalue weighted by atomic mass is 10.5. The van der Waals surface area contributed by atoms with Crippen molar-refractivity contribution in [3.8, 4) is 0 Å². The third kappa shape index (κ3) is 5.18. The Kier molecular flexibility index (Phi) is 5.71. The zero-order valence-corrected chi connectivity index (χ0v) is 10.7. The molecule has 0 aromatic carbocycles. The van der Waals surface area contributed by atoms with E-state index in [4.69, 9.17) is 10.1 Å². The molecule has 0 fully saturated rings. The van der Waals surface area contributed by atoms with Crippen LogP contribution in [0.25, 0.3) is 0 Å². The second kappa shape index (κ2) is 6.85. The molecule has 84 valence electrons. The summed E-state index contributed by atoms with van der Waals surface area (Å²) in [7, 11) is 0. The van der Waals surface area contributed by atoms with Gasteiger partial charge in [-0.1, -0.05) is 0 Å². The molecule has 0 saturated heterocycles. The van der Waals surface area contributed by atoms with E-state index in [0.717, 1.165) is 17.2 Å². The number of aryl methyl sites for hydroxylation is 1. The smallest absolute Gasteiger partial charge is 0.181 e. The number of rotatable bonds is 6. The Morgan fingerprint density at radius 1 is 1.67 bits per heavy atom. The van der Waals surface area contributed by atoms with Crippen molar-refractivity contribution >= 4 is 29.0 Å². The van der Waals surface area contributed by atoms with Gasteiger partial charge < -0.3 is 4.74 Å². The average Bonchev–Trinajstić information content (AvgIpc) is 2.60. The molecular formula is C10H16N2OS2. The number of thioether (sulfide) groups is 1. The highest BCUT2D eigenvalue weighted by atomic mass is 32.2. The fraction of sp³-hybridized carbons (Fsp3) is 0.600. The minimum atomic E-state index is 0.389. The van der Waals surface area contributed by atoms with E-state index in [1.807, 2.05) is 13.8 Å². The number of nitrogens with zero attached hydrogens (tertiary/aromatic N) is 1. The standard InChI is InChI=1S/C10H16N2OS2/c1-3-13-9(11)4-5-14-7-10-12-8(2)6-15-10/h6,11H,3-5,7H2,1-2H3. The molecule has 0 aliphatic carbocycles. The summed E-state index contributed by atoms with van der Waals surface area (Å²) in [5.74, 6) is 2.26. The number of hydrogen-bond acceptors (Lipinski definition) is 5. The molecule has 1 aromatic heterocycles. The molecule has 0 unspecified atom stereocenters. The van der Waals surface area contributed by atoms with Crippen LogP contribution in [0, 0.1) is 12.3 Å². The number of hydrogen-bond donors (Lipinski definition) is 1. The van der Waals surface area contributed by atoms with Gasteiger partial charge in [0.1, 0.15) is 5.01 Å². The average molecular weight is 244 g/mol. The zero-order chi connectivity index (χ0) is 11.1. The molecule has 0 atom stereocenters. The summed E-state index contributed by atoms with van der Waals surface area (Å²) in [6.45, 7) is 4.50. The fourth-order valence-corrected chi connectivity index (χ4v) is 2.83. The minimum absolute atomic E-state index is 0.389. The molecule has 0 bridgehead atoms. The molecule has 1 heterocycles. The quantitative estimate of drug-likeness (QED) is 0.475. The van der Waals surface area contributed by atoms with Crippen molar-refractivity contribution in [2.75, 3.05) is 12.4 Å². The van der Waals surface area contributed by atoms with Gasteiger partial charge in [0.2, 0.25) is 0 Å². The van der Waals surface area contributed by atoms with Crippen LogP contribution in [0.4, 0.5) is 0 Å². The summed E-state index contributed by atoms with van der Waals surface area (Å²) < 4.78 is 5.06. The van der Waals surface area contributed by atoms with Gasteiger partial charge in [-0.2, -0.15) is 11.8 Å². The van der Waals surface area contributed by atoms with E-state index in [2.05, 4.69) is 10.4 Å². The summed E-state index contributed by atoms with van der Waals surface area (Å²) in [5.41, 5.74) is 1.10. The van der Waals surface area contributed by atoms with Gasteiger partial charge in [-0.3, -0.25) is 5.41 Å². The van der Waals surface area contributed by atoms with Crippen LogP contribution in [-0.2, 0) is 10.5 Å². The second-order valence-electron chi connectivity index (χ2n) is 3.04. The van der Waals surface area contributed by atoms with Crippen molar-refractivity contribution in [2.45, 2.75) is 26.0 Å². The Balaban J connectivity index is 2.09. The van der Waals surface area contributed by atoms with Gasteiger partial charge in [0.25, 0.3) is 0 Å². The summed E-state index contributed by atoms with van der Waals surface area (Å²) in [5, 5.41) is 10.7. The Bertz CT molecular complexity index is 312. The maximum Gasteiger partial charge on any atom is 0.181 e. The summed E-state index contributed by atoms with van der Waals surface area (Å²) in [6.07, 6.45) is 0.711. The fourth-order valence-electron chi connectivity index (χ4n) is 1.04. The van der Waals surface area contributed by atoms with Crippen molar-refractivity contribution in [3.63, 3.8) is 0 Å². The highest BCUT2D eigenvalue weighted by Crippen LogP contribution is 2.17. The molecule has 0 saturated carbocycles. The van der Waals surface area contributed by atoms with Gasteiger partial charge in [-0.15, -0.1) is 11.3 Å². The predicted molar refractivity (Wildman–Crippen MR) is 67.0 cm³/mol. The molecule has 1 rings (SSSR count). The zero-order valence-electron chi connectivity index (χ0n) is 9.08. The van der Waals surface area contributed by atoms with Crippen molar-refractivity contribution in [1.29, 1.82) is 5.41 Å². The van der Waals surface area contributed by atoms with Crippen molar-refractivity contribution in [2.24, 2.45) is 0 Å². The van der Waals surface area contributed by atoms with Gasteiger partial charge in [0.15, 0.2) is 5.90 Å². The van der Waals surface area contributed by atoms with Gasteiger partial charge in [0.05, 0.1) is 6.61 Å². The predicted octanol–water partition coefficient (Wildman–Crippen LogP) is 3.09. The first-order chi connectivity index (χ1) is 7.22. The lowest BCUT2D eigenvalue weighted by Crippen LogP contribution is -2.03. The molecule has 1 aromatic rings. The van der Waals surface area contributed by atoms with Crippen LogP contribution in [-0.4, -0.2) is 23.2 Å². The van der Waals surface area contributed by atoms with Gasteiger partial charge >= 0.3 is 0 Å². The van der Waals surface area contributed by atoms with Gasteiger partial charge in [0, 0.05) is 29.0 Å². The Hall–Kier alpha value is -0.550. The van der Waals surface area contributed by atoms with Crippen LogP contribution in [0.2, 0.25) is 0 Å². The van der Waals surface area contributed by atoms with Crippen LogP contribution >= 0.6 is 23.1 Å². The lowest BCUT2D eigenvalue weighted by molar-refractivity contribution is 0.316. The van der Waals surface area contributed by atoms with E-state index in [1.165, 1.54) is 5.01 Å². The minimum Gasteiger partial charge on any atom is -0.481 e. The Morgan fingerprint density at radius 2 is 2.47 bits per heavy atom. The number of thiazole rings is 1. The monoisotopic (exact) mass is 244 g/mol. The molecule has 0 aliphatic heterocycles. The van der Waals surface area contributed by atoms with Gasteiger partial charge in [-0.25, -0.2) is 4.98 Å². The van der Waals surface area contributed by atoms with Crippen LogP contribution < -0.4 is 0 Å². The first-order valence-electron chi connectivity index (χ1n) is 4.91. The molecule has 15 heavy (non-hydrogen) atoms.